The largest absolute Gasteiger partial charge is 0.469 e. The average Bonchev–Trinajstić information content (AvgIpc) is 3.16. The Morgan fingerprint density at radius 1 is 1.38 bits per heavy atom. The summed E-state index contributed by atoms with van der Waals surface area (Å²) in [6.07, 6.45) is 1.64. The van der Waals surface area contributed by atoms with Crippen molar-refractivity contribution in [3.05, 3.63) is 30.6 Å². The molecular formula is C13H13N5O3. The number of methoxy groups -OCH3 is 1. The van der Waals surface area contributed by atoms with Gasteiger partial charge in [-0.15, -0.1) is 5.10 Å². The molecule has 1 fully saturated rings. The van der Waals surface area contributed by atoms with Crippen molar-refractivity contribution in [1.82, 2.24) is 20.2 Å². The standard InChI is InChI=1S/C13H13N5O3/c1-21-13(20)9-5-12(19)17(7-9)10-3-2-4-11(6-10)18-8-14-15-16-18/h2-4,6,8-9H,5,7H2,1H3. The molecule has 0 aliphatic carbocycles. The van der Waals surface area contributed by atoms with E-state index < -0.39 is 5.92 Å². The summed E-state index contributed by atoms with van der Waals surface area (Å²) in [5, 5.41) is 11.0. The first kappa shape index (κ1) is 13.2. The third-order valence-corrected chi connectivity index (χ3v) is 3.41. The summed E-state index contributed by atoms with van der Waals surface area (Å²) in [6.45, 7) is 0.324. The first-order valence-corrected chi connectivity index (χ1v) is 6.40. The monoisotopic (exact) mass is 287 g/mol. The fourth-order valence-corrected chi connectivity index (χ4v) is 2.36. The molecule has 1 amide bonds. The Balaban J connectivity index is 1.86. The van der Waals surface area contributed by atoms with Crippen LogP contribution in [0.3, 0.4) is 0 Å². The van der Waals surface area contributed by atoms with Gasteiger partial charge in [-0.3, -0.25) is 9.59 Å². The summed E-state index contributed by atoms with van der Waals surface area (Å²) < 4.78 is 6.20. The van der Waals surface area contributed by atoms with E-state index in [9.17, 15) is 9.59 Å². The third kappa shape index (κ3) is 2.47. The van der Waals surface area contributed by atoms with Gasteiger partial charge < -0.3 is 9.64 Å². The highest BCUT2D eigenvalue weighted by molar-refractivity contribution is 5.99. The number of hydrogen-bond donors (Lipinski definition) is 0. The summed E-state index contributed by atoms with van der Waals surface area (Å²) in [7, 11) is 1.33. The number of rotatable bonds is 3. The van der Waals surface area contributed by atoms with Gasteiger partial charge in [0.05, 0.1) is 18.7 Å². The van der Waals surface area contributed by atoms with E-state index in [4.69, 9.17) is 4.74 Å². The predicted molar refractivity (Wildman–Crippen MR) is 71.6 cm³/mol. The van der Waals surface area contributed by atoms with Gasteiger partial charge in [0.25, 0.3) is 0 Å². The second-order valence-electron chi connectivity index (χ2n) is 4.70. The number of hydrogen-bond acceptors (Lipinski definition) is 6. The van der Waals surface area contributed by atoms with Crippen LogP contribution in [-0.4, -0.2) is 45.7 Å². The first-order chi connectivity index (χ1) is 10.2. The van der Waals surface area contributed by atoms with Crippen molar-refractivity contribution in [2.75, 3.05) is 18.6 Å². The lowest BCUT2D eigenvalue weighted by molar-refractivity contribution is -0.145. The Morgan fingerprint density at radius 2 is 2.19 bits per heavy atom. The number of anilines is 1. The SMILES string of the molecule is COC(=O)C1CC(=O)N(c2cccc(-n3cnnn3)c2)C1. The van der Waals surface area contributed by atoms with Crippen LogP contribution in [0.1, 0.15) is 6.42 Å². The Bertz CT molecular complexity index is 670. The van der Waals surface area contributed by atoms with Crippen LogP contribution in [0.2, 0.25) is 0 Å². The van der Waals surface area contributed by atoms with E-state index >= 15 is 0 Å². The van der Waals surface area contributed by atoms with Gasteiger partial charge in [0.15, 0.2) is 0 Å². The Hall–Kier alpha value is -2.77. The van der Waals surface area contributed by atoms with Crippen LogP contribution in [-0.2, 0) is 14.3 Å². The highest BCUT2D eigenvalue weighted by atomic mass is 16.5. The molecule has 0 bridgehead atoms. The maximum absolute atomic E-state index is 12.1. The van der Waals surface area contributed by atoms with Crippen LogP contribution in [0.5, 0.6) is 0 Å². The molecule has 1 aliphatic rings. The van der Waals surface area contributed by atoms with E-state index in [1.54, 1.807) is 11.0 Å². The molecule has 21 heavy (non-hydrogen) atoms. The van der Waals surface area contributed by atoms with E-state index in [0.29, 0.717) is 12.2 Å². The van der Waals surface area contributed by atoms with E-state index in [-0.39, 0.29) is 18.3 Å². The molecule has 1 aliphatic heterocycles. The highest BCUT2D eigenvalue weighted by Gasteiger charge is 2.35. The molecule has 1 aromatic carbocycles. The number of amides is 1. The maximum Gasteiger partial charge on any atom is 0.311 e. The summed E-state index contributed by atoms with van der Waals surface area (Å²) in [5.74, 6) is -0.874. The lowest BCUT2D eigenvalue weighted by Crippen LogP contribution is -2.26. The minimum atomic E-state index is -0.417. The zero-order valence-electron chi connectivity index (χ0n) is 11.3. The molecule has 0 radical (unpaired) electrons. The van der Waals surface area contributed by atoms with E-state index in [0.717, 1.165) is 5.69 Å². The van der Waals surface area contributed by atoms with Crippen LogP contribution in [0.25, 0.3) is 5.69 Å². The molecule has 1 unspecified atom stereocenters. The Kier molecular flexibility index (Phi) is 3.35. The third-order valence-electron chi connectivity index (χ3n) is 3.41. The smallest absolute Gasteiger partial charge is 0.311 e. The summed E-state index contributed by atoms with van der Waals surface area (Å²) in [4.78, 5) is 25.2. The van der Waals surface area contributed by atoms with Crippen molar-refractivity contribution >= 4 is 17.6 Å². The first-order valence-electron chi connectivity index (χ1n) is 6.40. The van der Waals surface area contributed by atoms with Gasteiger partial charge in [0, 0.05) is 18.7 Å². The zero-order chi connectivity index (χ0) is 14.8. The van der Waals surface area contributed by atoms with Gasteiger partial charge in [-0.1, -0.05) is 6.07 Å². The van der Waals surface area contributed by atoms with Crippen molar-refractivity contribution in [3.8, 4) is 5.69 Å². The van der Waals surface area contributed by atoms with Gasteiger partial charge in [0.1, 0.15) is 6.33 Å². The van der Waals surface area contributed by atoms with Gasteiger partial charge >= 0.3 is 5.97 Å². The number of carbonyl (C=O) groups is 2. The minimum absolute atomic E-state index is 0.0979. The van der Waals surface area contributed by atoms with Gasteiger partial charge in [-0.05, 0) is 28.6 Å². The van der Waals surface area contributed by atoms with E-state index in [1.807, 2.05) is 18.2 Å². The van der Waals surface area contributed by atoms with E-state index in [2.05, 4.69) is 15.5 Å². The second kappa shape index (κ2) is 5.31. The maximum atomic E-state index is 12.1. The van der Waals surface area contributed by atoms with Gasteiger partial charge in [0.2, 0.25) is 5.91 Å². The molecular weight excluding hydrogens is 274 g/mol. The molecule has 0 N–H and O–H groups in total. The lowest BCUT2D eigenvalue weighted by Gasteiger charge is -2.17. The average molecular weight is 287 g/mol. The fraction of sp³-hybridized carbons (Fsp3) is 0.308. The molecule has 8 nitrogen and oxygen atoms in total. The number of esters is 1. The Labute approximate surface area is 120 Å². The number of benzene rings is 1. The zero-order valence-corrected chi connectivity index (χ0v) is 11.3. The van der Waals surface area contributed by atoms with Crippen LogP contribution < -0.4 is 4.90 Å². The molecule has 2 heterocycles. The van der Waals surface area contributed by atoms with Crippen molar-refractivity contribution in [2.24, 2.45) is 5.92 Å². The number of ether oxygens (including phenoxy) is 1. The fourth-order valence-electron chi connectivity index (χ4n) is 2.36. The lowest BCUT2D eigenvalue weighted by atomic mass is 10.1. The van der Waals surface area contributed by atoms with Gasteiger partial charge in [-0.2, -0.15) is 0 Å². The van der Waals surface area contributed by atoms with Crippen molar-refractivity contribution < 1.29 is 14.3 Å². The number of tetrazole rings is 1. The predicted octanol–water partition coefficient (Wildman–Crippen LogP) is 0.188. The number of carbonyl (C=O) groups excluding carboxylic acids is 2. The van der Waals surface area contributed by atoms with E-state index in [1.165, 1.54) is 18.1 Å². The molecule has 2 aromatic rings. The summed E-state index contributed by atoms with van der Waals surface area (Å²) >= 11 is 0. The van der Waals surface area contributed by atoms with Crippen molar-refractivity contribution in [2.45, 2.75) is 6.42 Å². The Morgan fingerprint density at radius 3 is 2.90 bits per heavy atom. The van der Waals surface area contributed by atoms with Crippen LogP contribution in [0, 0.1) is 5.92 Å². The summed E-state index contributed by atoms with van der Waals surface area (Å²) in [6, 6.07) is 7.25. The van der Waals surface area contributed by atoms with Crippen molar-refractivity contribution in [1.29, 1.82) is 0 Å². The summed E-state index contributed by atoms with van der Waals surface area (Å²) in [5.41, 5.74) is 1.45. The molecule has 108 valence electrons. The van der Waals surface area contributed by atoms with Gasteiger partial charge in [-0.25, -0.2) is 4.68 Å². The molecule has 1 aromatic heterocycles. The van der Waals surface area contributed by atoms with Crippen LogP contribution >= 0.6 is 0 Å². The van der Waals surface area contributed by atoms with Crippen molar-refractivity contribution in [3.63, 3.8) is 0 Å². The minimum Gasteiger partial charge on any atom is -0.469 e. The normalized spacial score (nSPS) is 18.0. The topological polar surface area (TPSA) is 90.2 Å². The molecule has 3 rings (SSSR count). The molecule has 0 spiro atoms. The second-order valence-corrected chi connectivity index (χ2v) is 4.70. The number of nitrogens with zero attached hydrogens (tertiary/aromatic N) is 5. The van der Waals surface area contributed by atoms with Crippen LogP contribution in [0.4, 0.5) is 5.69 Å². The molecule has 8 heteroatoms. The van der Waals surface area contributed by atoms with Crippen LogP contribution in [0.15, 0.2) is 30.6 Å². The molecule has 1 atom stereocenters. The quantitative estimate of drug-likeness (QED) is 0.748. The molecule has 1 saturated heterocycles. The number of aromatic nitrogens is 4. The molecule has 0 saturated carbocycles. The highest BCUT2D eigenvalue weighted by Crippen LogP contribution is 2.27.